The van der Waals surface area contributed by atoms with Gasteiger partial charge < -0.3 is 4.74 Å². The lowest BCUT2D eigenvalue weighted by Gasteiger charge is -2.26. The summed E-state index contributed by atoms with van der Waals surface area (Å²) in [5.74, 6) is -1.75. The van der Waals surface area contributed by atoms with Crippen LogP contribution >= 0.6 is 0 Å². The van der Waals surface area contributed by atoms with E-state index in [0.29, 0.717) is 17.4 Å². The van der Waals surface area contributed by atoms with Crippen molar-refractivity contribution in [3.8, 4) is 5.75 Å². The molecule has 0 saturated heterocycles. The quantitative estimate of drug-likeness (QED) is 0.838. The van der Waals surface area contributed by atoms with Crippen molar-refractivity contribution in [3.63, 3.8) is 0 Å². The first-order valence-corrected chi connectivity index (χ1v) is 8.29. The molecule has 0 saturated carbocycles. The first kappa shape index (κ1) is 17.4. The van der Waals surface area contributed by atoms with Crippen LogP contribution < -0.4 is 4.74 Å². The van der Waals surface area contributed by atoms with E-state index in [0.717, 1.165) is 16.4 Å². The fourth-order valence-electron chi connectivity index (χ4n) is 2.22. The number of methoxy groups -OCH3 is 1. The van der Waals surface area contributed by atoms with Crippen molar-refractivity contribution in [3.05, 3.63) is 59.7 Å². The Balaban J connectivity index is 2.41. The normalized spacial score (nSPS) is 13.1. The molecule has 2 aromatic rings. The van der Waals surface area contributed by atoms with E-state index in [-0.39, 0.29) is 4.90 Å². The summed E-state index contributed by atoms with van der Waals surface area (Å²) in [5, 5.41) is 0. The van der Waals surface area contributed by atoms with Crippen LogP contribution in [0.3, 0.4) is 0 Å². The highest BCUT2D eigenvalue weighted by Crippen LogP contribution is 2.31. The van der Waals surface area contributed by atoms with Gasteiger partial charge in [-0.3, -0.25) is 0 Å². The fraction of sp³-hybridized carbons (Fsp3) is 0.250. The van der Waals surface area contributed by atoms with Gasteiger partial charge in [0.15, 0.2) is 11.6 Å². The molecule has 1 unspecified atom stereocenters. The third-order valence-corrected chi connectivity index (χ3v) is 5.63. The van der Waals surface area contributed by atoms with Gasteiger partial charge in [0.2, 0.25) is 10.0 Å². The fourth-order valence-corrected chi connectivity index (χ4v) is 3.57. The number of para-hydroxylation sites is 1. The van der Waals surface area contributed by atoms with Gasteiger partial charge in [0.25, 0.3) is 0 Å². The van der Waals surface area contributed by atoms with Crippen LogP contribution in [0, 0.1) is 11.6 Å². The Labute approximate surface area is 134 Å². The van der Waals surface area contributed by atoms with E-state index in [1.165, 1.54) is 14.2 Å². The molecule has 0 aliphatic heterocycles. The summed E-state index contributed by atoms with van der Waals surface area (Å²) in [6.45, 7) is 1.69. The number of nitrogens with zero attached hydrogens (tertiary/aromatic N) is 1. The third-order valence-electron chi connectivity index (χ3n) is 3.70. The lowest BCUT2D eigenvalue weighted by atomic mass is 10.1. The number of hydrogen-bond donors (Lipinski definition) is 0. The predicted molar refractivity (Wildman–Crippen MR) is 82.7 cm³/mol. The van der Waals surface area contributed by atoms with Crippen LogP contribution in [0.5, 0.6) is 5.75 Å². The minimum absolute atomic E-state index is 0.305. The molecule has 0 aliphatic carbocycles. The molecule has 2 rings (SSSR count). The van der Waals surface area contributed by atoms with Gasteiger partial charge in [-0.05, 0) is 31.2 Å². The van der Waals surface area contributed by atoms with Crippen molar-refractivity contribution < 1.29 is 21.9 Å². The topological polar surface area (TPSA) is 46.6 Å². The molecular formula is C16H17F2NO3S. The molecule has 1 atom stereocenters. The smallest absolute Gasteiger partial charge is 0.243 e. The van der Waals surface area contributed by atoms with E-state index in [4.69, 9.17) is 4.74 Å². The maximum absolute atomic E-state index is 13.3. The lowest BCUT2D eigenvalue weighted by Crippen LogP contribution is -2.30. The van der Waals surface area contributed by atoms with Crippen molar-refractivity contribution in [1.29, 1.82) is 0 Å². The van der Waals surface area contributed by atoms with Gasteiger partial charge in [-0.1, -0.05) is 18.2 Å². The summed E-state index contributed by atoms with van der Waals surface area (Å²) in [7, 11) is -1.10. The molecule has 23 heavy (non-hydrogen) atoms. The largest absolute Gasteiger partial charge is 0.496 e. The minimum atomic E-state index is -3.98. The molecule has 0 amide bonds. The molecule has 0 aliphatic rings. The van der Waals surface area contributed by atoms with Gasteiger partial charge in [-0.2, -0.15) is 4.31 Å². The monoisotopic (exact) mass is 341 g/mol. The van der Waals surface area contributed by atoms with Crippen LogP contribution in [0.15, 0.2) is 47.4 Å². The second kappa shape index (κ2) is 6.64. The number of ether oxygens (including phenoxy) is 1. The van der Waals surface area contributed by atoms with Crippen molar-refractivity contribution in [2.75, 3.05) is 14.2 Å². The summed E-state index contributed by atoms with van der Waals surface area (Å²) in [5.41, 5.74) is 0.670. The first-order chi connectivity index (χ1) is 10.8. The molecule has 0 fully saturated rings. The number of halogens is 2. The SMILES string of the molecule is COc1ccccc1C(C)N(C)S(=O)(=O)c1ccc(F)c(F)c1. The molecule has 7 heteroatoms. The predicted octanol–water partition coefficient (Wildman–Crippen LogP) is 3.36. The van der Waals surface area contributed by atoms with E-state index in [9.17, 15) is 17.2 Å². The first-order valence-electron chi connectivity index (χ1n) is 6.85. The van der Waals surface area contributed by atoms with Crippen molar-refractivity contribution >= 4 is 10.0 Å². The van der Waals surface area contributed by atoms with Gasteiger partial charge in [0.1, 0.15) is 5.75 Å². The standard InChI is InChI=1S/C16H17F2NO3S/c1-11(13-6-4-5-7-16(13)22-3)19(2)23(20,21)12-8-9-14(17)15(18)10-12/h4-11H,1-3H3. The Bertz CT molecular complexity index is 809. The maximum Gasteiger partial charge on any atom is 0.243 e. The van der Waals surface area contributed by atoms with E-state index < -0.39 is 27.7 Å². The molecule has 2 aromatic carbocycles. The highest BCUT2D eigenvalue weighted by Gasteiger charge is 2.28. The molecule has 0 bridgehead atoms. The highest BCUT2D eigenvalue weighted by molar-refractivity contribution is 7.89. The zero-order valence-electron chi connectivity index (χ0n) is 13.0. The Morgan fingerprint density at radius 2 is 1.74 bits per heavy atom. The van der Waals surface area contributed by atoms with E-state index in [2.05, 4.69) is 0 Å². The summed E-state index contributed by atoms with van der Waals surface area (Å²) in [4.78, 5) is -0.305. The van der Waals surface area contributed by atoms with Crippen molar-refractivity contribution in [2.24, 2.45) is 0 Å². The van der Waals surface area contributed by atoms with Crippen LogP contribution in [0.25, 0.3) is 0 Å². The number of benzene rings is 2. The molecule has 0 aromatic heterocycles. The zero-order chi connectivity index (χ0) is 17.2. The highest BCUT2D eigenvalue weighted by atomic mass is 32.2. The van der Waals surface area contributed by atoms with Gasteiger partial charge in [-0.25, -0.2) is 17.2 Å². The third kappa shape index (κ3) is 3.35. The average Bonchev–Trinajstić information content (AvgIpc) is 2.55. The Morgan fingerprint density at radius 3 is 2.35 bits per heavy atom. The van der Waals surface area contributed by atoms with Gasteiger partial charge in [0, 0.05) is 12.6 Å². The summed E-state index contributed by atoms with van der Waals surface area (Å²) >= 11 is 0. The summed E-state index contributed by atoms with van der Waals surface area (Å²) in [6, 6.07) is 8.99. The molecule has 0 N–H and O–H groups in total. The van der Waals surface area contributed by atoms with E-state index in [1.807, 2.05) is 0 Å². The van der Waals surface area contributed by atoms with E-state index in [1.54, 1.807) is 31.2 Å². The van der Waals surface area contributed by atoms with Gasteiger partial charge >= 0.3 is 0 Å². The summed E-state index contributed by atoms with van der Waals surface area (Å²) < 4.78 is 57.9. The number of hydrogen-bond acceptors (Lipinski definition) is 3. The second-order valence-electron chi connectivity index (χ2n) is 5.02. The molecule has 0 radical (unpaired) electrons. The molecule has 0 spiro atoms. The van der Waals surface area contributed by atoms with Crippen molar-refractivity contribution in [2.45, 2.75) is 17.9 Å². The van der Waals surface area contributed by atoms with Gasteiger partial charge in [-0.15, -0.1) is 0 Å². The lowest BCUT2D eigenvalue weighted by molar-refractivity contribution is 0.367. The van der Waals surface area contributed by atoms with Crippen molar-refractivity contribution in [1.82, 2.24) is 4.31 Å². The van der Waals surface area contributed by atoms with Crippen LogP contribution in [-0.2, 0) is 10.0 Å². The number of sulfonamides is 1. The minimum Gasteiger partial charge on any atom is -0.496 e. The molecule has 4 nitrogen and oxygen atoms in total. The Morgan fingerprint density at radius 1 is 1.09 bits per heavy atom. The Kier molecular flexibility index (Phi) is 5.01. The van der Waals surface area contributed by atoms with E-state index >= 15 is 0 Å². The Hall–Kier alpha value is -1.99. The molecule has 0 heterocycles. The van der Waals surface area contributed by atoms with Crippen LogP contribution in [0.2, 0.25) is 0 Å². The van der Waals surface area contributed by atoms with Gasteiger partial charge in [0.05, 0.1) is 18.0 Å². The summed E-state index contributed by atoms with van der Waals surface area (Å²) in [6.07, 6.45) is 0. The van der Waals surface area contributed by atoms with Crippen LogP contribution in [0.4, 0.5) is 8.78 Å². The molecule has 124 valence electrons. The van der Waals surface area contributed by atoms with Crippen LogP contribution in [-0.4, -0.2) is 26.9 Å². The average molecular weight is 341 g/mol. The second-order valence-corrected chi connectivity index (χ2v) is 7.01. The number of rotatable bonds is 5. The maximum atomic E-state index is 13.3. The van der Waals surface area contributed by atoms with Crippen LogP contribution in [0.1, 0.15) is 18.5 Å². The molecular weight excluding hydrogens is 324 g/mol. The zero-order valence-corrected chi connectivity index (χ0v) is 13.8.